The van der Waals surface area contributed by atoms with Crippen molar-refractivity contribution in [1.29, 1.82) is 0 Å². The third-order valence-electron chi connectivity index (χ3n) is 2.91. The maximum absolute atomic E-state index is 11.6. The largest absolute Gasteiger partial charge is 0.367 e. The van der Waals surface area contributed by atoms with Crippen LogP contribution in [-0.2, 0) is 15.1 Å². The molecule has 1 unspecified atom stereocenters. The van der Waals surface area contributed by atoms with E-state index < -0.39 is 5.60 Å². The molecule has 1 saturated heterocycles. The topological polar surface area (TPSA) is 52.3 Å². The highest BCUT2D eigenvalue weighted by atomic mass is 16.5. The Morgan fingerprint density at radius 1 is 1.27 bits per heavy atom. The second-order valence-electron chi connectivity index (χ2n) is 3.86. The van der Waals surface area contributed by atoms with Crippen LogP contribution < -0.4 is 5.73 Å². The van der Waals surface area contributed by atoms with Crippen molar-refractivity contribution in [2.75, 3.05) is 6.61 Å². The van der Waals surface area contributed by atoms with Crippen LogP contribution in [0.2, 0.25) is 0 Å². The Bertz CT molecular complexity index is 342. The molecule has 3 nitrogen and oxygen atoms in total. The molecule has 0 spiro atoms. The van der Waals surface area contributed by atoms with Crippen molar-refractivity contribution in [3.05, 3.63) is 35.9 Å². The van der Waals surface area contributed by atoms with Crippen molar-refractivity contribution < 1.29 is 9.53 Å². The minimum atomic E-state index is -0.889. The van der Waals surface area contributed by atoms with Crippen LogP contribution in [0.3, 0.4) is 0 Å². The summed E-state index contributed by atoms with van der Waals surface area (Å²) in [6.07, 6.45) is 2.67. The minimum absolute atomic E-state index is 0.381. The van der Waals surface area contributed by atoms with Crippen LogP contribution in [0.1, 0.15) is 24.8 Å². The zero-order chi connectivity index (χ0) is 10.7. The molecule has 2 N–H and O–H groups in total. The predicted molar refractivity (Wildman–Crippen MR) is 57.1 cm³/mol. The molecular formula is C12H15NO2. The van der Waals surface area contributed by atoms with Gasteiger partial charge in [0.1, 0.15) is 0 Å². The van der Waals surface area contributed by atoms with Gasteiger partial charge in [0.15, 0.2) is 5.60 Å². The third kappa shape index (κ3) is 1.75. The van der Waals surface area contributed by atoms with Crippen molar-refractivity contribution in [3.8, 4) is 0 Å². The van der Waals surface area contributed by atoms with E-state index in [0.29, 0.717) is 13.0 Å². The monoisotopic (exact) mass is 205 g/mol. The molecule has 1 aromatic rings. The van der Waals surface area contributed by atoms with Crippen molar-refractivity contribution in [3.63, 3.8) is 0 Å². The number of carbonyl (C=O) groups is 1. The van der Waals surface area contributed by atoms with E-state index in [-0.39, 0.29) is 5.91 Å². The fourth-order valence-electron chi connectivity index (χ4n) is 2.07. The van der Waals surface area contributed by atoms with E-state index in [0.717, 1.165) is 18.4 Å². The quantitative estimate of drug-likeness (QED) is 0.796. The van der Waals surface area contributed by atoms with Gasteiger partial charge < -0.3 is 10.5 Å². The van der Waals surface area contributed by atoms with Gasteiger partial charge in [-0.1, -0.05) is 30.3 Å². The van der Waals surface area contributed by atoms with Crippen LogP contribution in [-0.4, -0.2) is 12.5 Å². The van der Waals surface area contributed by atoms with Gasteiger partial charge in [0.25, 0.3) is 5.91 Å². The molecule has 3 heteroatoms. The summed E-state index contributed by atoms with van der Waals surface area (Å²) in [6.45, 7) is 0.609. The average molecular weight is 205 g/mol. The molecule has 1 aliphatic heterocycles. The number of carbonyl (C=O) groups excluding carboxylic acids is 1. The number of ether oxygens (including phenoxy) is 1. The number of rotatable bonds is 2. The van der Waals surface area contributed by atoms with Crippen LogP contribution in [0.5, 0.6) is 0 Å². The van der Waals surface area contributed by atoms with Crippen LogP contribution in [0, 0.1) is 0 Å². The smallest absolute Gasteiger partial charge is 0.254 e. The van der Waals surface area contributed by atoms with Gasteiger partial charge in [-0.2, -0.15) is 0 Å². The predicted octanol–water partition coefficient (Wildman–Crippen LogP) is 1.57. The molecule has 15 heavy (non-hydrogen) atoms. The second kappa shape index (κ2) is 4.03. The molecular weight excluding hydrogens is 190 g/mol. The first-order valence-electron chi connectivity index (χ1n) is 5.25. The Morgan fingerprint density at radius 3 is 2.53 bits per heavy atom. The third-order valence-corrected chi connectivity index (χ3v) is 2.91. The minimum Gasteiger partial charge on any atom is -0.367 e. The van der Waals surface area contributed by atoms with E-state index in [9.17, 15) is 4.79 Å². The number of amides is 1. The molecule has 0 bridgehead atoms. The molecule has 1 amide bonds. The fraction of sp³-hybridized carbons (Fsp3) is 0.417. The van der Waals surface area contributed by atoms with E-state index in [4.69, 9.17) is 10.5 Å². The highest BCUT2D eigenvalue weighted by Crippen LogP contribution is 2.34. The Morgan fingerprint density at radius 2 is 2.00 bits per heavy atom. The van der Waals surface area contributed by atoms with Gasteiger partial charge in [-0.15, -0.1) is 0 Å². The number of hydrogen-bond acceptors (Lipinski definition) is 2. The first-order valence-corrected chi connectivity index (χ1v) is 5.25. The molecule has 80 valence electrons. The van der Waals surface area contributed by atoms with Crippen molar-refractivity contribution in [2.45, 2.75) is 24.9 Å². The van der Waals surface area contributed by atoms with Gasteiger partial charge in [0.2, 0.25) is 0 Å². The number of hydrogen-bond donors (Lipinski definition) is 1. The van der Waals surface area contributed by atoms with Crippen LogP contribution in [0.4, 0.5) is 0 Å². The molecule has 0 aliphatic carbocycles. The van der Waals surface area contributed by atoms with Crippen molar-refractivity contribution in [2.24, 2.45) is 5.73 Å². The summed E-state index contributed by atoms with van der Waals surface area (Å²) < 4.78 is 5.64. The number of benzene rings is 1. The molecule has 1 heterocycles. The Balaban J connectivity index is 2.38. The lowest BCUT2D eigenvalue weighted by Gasteiger charge is -2.34. The summed E-state index contributed by atoms with van der Waals surface area (Å²) in [4.78, 5) is 11.6. The first kappa shape index (κ1) is 10.2. The summed E-state index contributed by atoms with van der Waals surface area (Å²) in [5.41, 5.74) is 5.45. The fourth-order valence-corrected chi connectivity index (χ4v) is 2.07. The van der Waals surface area contributed by atoms with E-state index in [1.165, 1.54) is 0 Å². The number of nitrogens with two attached hydrogens (primary N) is 1. The molecule has 0 saturated carbocycles. The molecule has 1 aliphatic rings. The molecule has 1 atom stereocenters. The summed E-state index contributed by atoms with van der Waals surface area (Å²) >= 11 is 0. The SMILES string of the molecule is NC(=O)C1(c2ccccc2)CCCCO1. The molecule has 1 fully saturated rings. The zero-order valence-corrected chi connectivity index (χ0v) is 8.61. The Kier molecular flexibility index (Phi) is 2.73. The highest BCUT2D eigenvalue weighted by molar-refractivity contribution is 5.85. The second-order valence-corrected chi connectivity index (χ2v) is 3.86. The summed E-state index contributed by atoms with van der Waals surface area (Å²) in [5, 5.41) is 0. The van der Waals surface area contributed by atoms with Gasteiger partial charge in [-0.25, -0.2) is 0 Å². The average Bonchev–Trinajstić information content (AvgIpc) is 2.31. The maximum atomic E-state index is 11.6. The van der Waals surface area contributed by atoms with Gasteiger partial charge in [0, 0.05) is 6.61 Å². The highest BCUT2D eigenvalue weighted by Gasteiger charge is 2.40. The van der Waals surface area contributed by atoms with Gasteiger partial charge >= 0.3 is 0 Å². The first-order chi connectivity index (χ1) is 7.26. The summed E-state index contributed by atoms with van der Waals surface area (Å²) in [5.74, 6) is -0.381. The van der Waals surface area contributed by atoms with Crippen LogP contribution in [0.25, 0.3) is 0 Å². The van der Waals surface area contributed by atoms with Gasteiger partial charge in [-0.05, 0) is 24.8 Å². The van der Waals surface area contributed by atoms with Crippen molar-refractivity contribution in [1.82, 2.24) is 0 Å². The molecule has 2 rings (SSSR count). The van der Waals surface area contributed by atoms with Crippen LogP contribution >= 0.6 is 0 Å². The Hall–Kier alpha value is -1.35. The maximum Gasteiger partial charge on any atom is 0.254 e. The molecule has 0 radical (unpaired) electrons. The Labute approximate surface area is 89.2 Å². The normalized spacial score (nSPS) is 26.1. The van der Waals surface area contributed by atoms with Gasteiger partial charge in [0.05, 0.1) is 0 Å². The standard InChI is InChI=1S/C12H15NO2/c13-11(14)12(8-4-5-9-15-12)10-6-2-1-3-7-10/h1-3,6-7H,4-5,8-9H2,(H2,13,14). The lowest BCUT2D eigenvalue weighted by atomic mass is 9.86. The summed E-state index contributed by atoms with van der Waals surface area (Å²) in [7, 11) is 0. The van der Waals surface area contributed by atoms with Crippen LogP contribution in [0.15, 0.2) is 30.3 Å². The zero-order valence-electron chi connectivity index (χ0n) is 8.61. The molecule has 0 aromatic heterocycles. The van der Waals surface area contributed by atoms with Crippen molar-refractivity contribution >= 4 is 5.91 Å². The lowest BCUT2D eigenvalue weighted by molar-refractivity contribution is -0.152. The van der Waals surface area contributed by atoms with E-state index >= 15 is 0 Å². The van der Waals surface area contributed by atoms with E-state index in [2.05, 4.69) is 0 Å². The lowest BCUT2D eigenvalue weighted by Crippen LogP contribution is -2.45. The van der Waals surface area contributed by atoms with E-state index in [1.807, 2.05) is 30.3 Å². The number of primary amides is 1. The van der Waals surface area contributed by atoms with Gasteiger partial charge in [-0.3, -0.25) is 4.79 Å². The molecule has 1 aromatic carbocycles. The summed E-state index contributed by atoms with van der Waals surface area (Å²) in [6, 6.07) is 9.52. The van der Waals surface area contributed by atoms with E-state index in [1.54, 1.807) is 0 Å².